The third-order valence-corrected chi connectivity index (χ3v) is 10.0. The molecule has 0 bridgehead atoms. The number of carbonyl (C=O) groups is 3. The maximum absolute atomic E-state index is 12.6. The number of benzene rings is 1. The Balaban J connectivity index is 2.64. The van der Waals surface area contributed by atoms with Crippen molar-refractivity contribution in [1.82, 2.24) is 10.6 Å². The van der Waals surface area contributed by atoms with Crippen molar-refractivity contribution < 1.29 is 33.4 Å². The maximum Gasteiger partial charge on any atom is 0.408 e. The number of carbonyl (C=O) groups excluding carboxylic acids is 3. The number of methoxy groups -OCH3 is 1. The number of hydrogen-bond acceptors (Lipinski definition) is 7. The molecule has 180 valence electrons. The zero-order valence-corrected chi connectivity index (χ0v) is 20.8. The second-order valence-corrected chi connectivity index (χ2v) is 13.7. The van der Waals surface area contributed by atoms with Crippen LogP contribution in [0.1, 0.15) is 32.8 Å². The lowest BCUT2D eigenvalue weighted by molar-refractivity contribution is -0.145. The number of aliphatic hydroxyl groups is 1. The monoisotopic (exact) mass is 468 g/mol. The van der Waals surface area contributed by atoms with Gasteiger partial charge in [-0.25, -0.2) is 9.59 Å². The predicted octanol–water partition coefficient (Wildman–Crippen LogP) is 2.34. The largest absolute Gasteiger partial charge is 0.467 e. The quantitative estimate of drug-likeness (QED) is 0.336. The van der Waals surface area contributed by atoms with Crippen molar-refractivity contribution >= 4 is 26.3 Å². The van der Waals surface area contributed by atoms with Gasteiger partial charge in [0.25, 0.3) is 0 Å². The summed E-state index contributed by atoms with van der Waals surface area (Å²) in [5.74, 6) is -1.37. The van der Waals surface area contributed by atoms with E-state index in [9.17, 15) is 19.5 Å². The molecule has 10 heteroatoms. The van der Waals surface area contributed by atoms with E-state index in [2.05, 4.69) is 44.5 Å². The molecule has 1 aromatic rings. The fourth-order valence-corrected chi connectivity index (χ4v) is 3.47. The Morgan fingerprint density at radius 1 is 1.06 bits per heavy atom. The van der Waals surface area contributed by atoms with E-state index in [1.807, 2.05) is 18.2 Å². The first-order valence-electron chi connectivity index (χ1n) is 10.5. The van der Waals surface area contributed by atoms with Crippen LogP contribution in [0.2, 0.25) is 18.1 Å². The molecule has 3 N–H and O–H groups in total. The zero-order valence-electron chi connectivity index (χ0n) is 19.8. The highest BCUT2D eigenvalue weighted by atomic mass is 28.4. The Labute approximate surface area is 190 Å². The van der Waals surface area contributed by atoms with Crippen molar-refractivity contribution in [3.63, 3.8) is 0 Å². The van der Waals surface area contributed by atoms with E-state index >= 15 is 0 Å². The minimum absolute atomic E-state index is 0.00300. The molecular weight excluding hydrogens is 432 g/mol. The SMILES string of the molecule is COC(=O)[C@H](CCO[Si](C)(C)C(C)(C)C)NC(=O)[C@H](CO)NC(=O)OCc1ccccc1. The minimum Gasteiger partial charge on any atom is -0.467 e. The second-order valence-electron chi connectivity index (χ2n) is 8.92. The highest BCUT2D eigenvalue weighted by Crippen LogP contribution is 2.36. The Morgan fingerprint density at radius 3 is 2.22 bits per heavy atom. The lowest BCUT2D eigenvalue weighted by Crippen LogP contribution is -2.53. The number of ether oxygens (including phenoxy) is 2. The van der Waals surface area contributed by atoms with Crippen molar-refractivity contribution in [1.29, 1.82) is 0 Å². The molecule has 9 nitrogen and oxygen atoms in total. The van der Waals surface area contributed by atoms with Crippen LogP contribution in [0.15, 0.2) is 30.3 Å². The van der Waals surface area contributed by atoms with Gasteiger partial charge in [0.15, 0.2) is 8.32 Å². The van der Waals surface area contributed by atoms with Gasteiger partial charge in [0.2, 0.25) is 5.91 Å². The van der Waals surface area contributed by atoms with Gasteiger partial charge in [-0.1, -0.05) is 51.1 Å². The zero-order chi connectivity index (χ0) is 24.4. The number of aliphatic hydroxyl groups excluding tert-OH is 1. The van der Waals surface area contributed by atoms with Gasteiger partial charge in [-0.05, 0) is 23.7 Å². The van der Waals surface area contributed by atoms with Gasteiger partial charge >= 0.3 is 12.1 Å². The Hall–Kier alpha value is -2.43. The molecule has 0 radical (unpaired) electrons. The summed E-state index contributed by atoms with van der Waals surface area (Å²) in [7, 11) is -0.802. The molecule has 0 aliphatic rings. The molecule has 0 fully saturated rings. The van der Waals surface area contributed by atoms with Crippen molar-refractivity contribution in [2.75, 3.05) is 20.3 Å². The molecule has 32 heavy (non-hydrogen) atoms. The van der Waals surface area contributed by atoms with Gasteiger partial charge < -0.3 is 29.6 Å². The van der Waals surface area contributed by atoms with Crippen LogP contribution in [-0.4, -0.2) is 63.8 Å². The van der Waals surface area contributed by atoms with Crippen LogP contribution >= 0.6 is 0 Å². The van der Waals surface area contributed by atoms with Crippen molar-refractivity contribution in [2.24, 2.45) is 0 Å². The summed E-state index contributed by atoms with van der Waals surface area (Å²) < 4.78 is 15.9. The second kappa shape index (κ2) is 12.6. The predicted molar refractivity (Wildman–Crippen MR) is 122 cm³/mol. The molecule has 2 atom stereocenters. The average Bonchev–Trinajstić information content (AvgIpc) is 2.74. The van der Waals surface area contributed by atoms with Crippen molar-refractivity contribution in [3.8, 4) is 0 Å². The molecule has 0 aliphatic heterocycles. The van der Waals surface area contributed by atoms with Gasteiger partial charge in [-0.2, -0.15) is 0 Å². The van der Waals surface area contributed by atoms with Gasteiger partial charge in [-0.15, -0.1) is 0 Å². The molecule has 0 saturated heterocycles. The fraction of sp³-hybridized carbons (Fsp3) is 0.591. The number of hydrogen-bond donors (Lipinski definition) is 3. The summed E-state index contributed by atoms with van der Waals surface area (Å²) in [6.07, 6.45) is -0.666. The third kappa shape index (κ3) is 8.97. The number of alkyl carbamates (subject to hydrolysis) is 1. The van der Waals surface area contributed by atoms with Crippen LogP contribution in [0.4, 0.5) is 4.79 Å². The van der Waals surface area contributed by atoms with Crippen LogP contribution in [0.3, 0.4) is 0 Å². The van der Waals surface area contributed by atoms with Crippen LogP contribution in [0, 0.1) is 0 Å². The fourth-order valence-electron chi connectivity index (χ4n) is 2.41. The summed E-state index contributed by atoms with van der Waals surface area (Å²) in [6.45, 7) is 10.1. The normalized spacial score (nSPS) is 13.6. The van der Waals surface area contributed by atoms with Crippen LogP contribution in [0.25, 0.3) is 0 Å². The highest BCUT2D eigenvalue weighted by molar-refractivity contribution is 6.74. The molecule has 0 aliphatic carbocycles. The molecular formula is C22H36N2O7Si. The van der Waals surface area contributed by atoms with E-state index in [1.165, 1.54) is 7.11 Å². The molecule has 1 aromatic carbocycles. The Bertz CT molecular complexity index is 750. The summed E-state index contributed by atoms with van der Waals surface area (Å²) in [5, 5.41) is 14.4. The van der Waals surface area contributed by atoms with E-state index in [1.54, 1.807) is 12.1 Å². The van der Waals surface area contributed by atoms with E-state index in [-0.39, 0.29) is 24.7 Å². The number of esters is 1. The van der Waals surface area contributed by atoms with E-state index in [0.29, 0.717) is 0 Å². The highest BCUT2D eigenvalue weighted by Gasteiger charge is 2.37. The van der Waals surface area contributed by atoms with E-state index in [4.69, 9.17) is 13.9 Å². The smallest absolute Gasteiger partial charge is 0.408 e. The van der Waals surface area contributed by atoms with Gasteiger partial charge in [0.1, 0.15) is 18.7 Å². The van der Waals surface area contributed by atoms with Crippen molar-refractivity contribution in [3.05, 3.63) is 35.9 Å². The summed E-state index contributed by atoms with van der Waals surface area (Å²) in [6, 6.07) is 6.77. The third-order valence-electron chi connectivity index (χ3n) is 5.48. The van der Waals surface area contributed by atoms with Crippen LogP contribution < -0.4 is 10.6 Å². The molecule has 0 heterocycles. The summed E-state index contributed by atoms with van der Waals surface area (Å²) in [5.41, 5.74) is 0.778. The van der Waals surface area contributed by atoms with E-state index in [0.717, 1.165) is 5.56 Å². The topological polar surface area (TPSA) is 123 Å². The Kier molecular flexibility index (Phi) is 10.8. The molecule has 0 saturated carbocycles. The first kappa shape index (κ1) is 27.6. The molecule has 0 aromatic heterocycles. The first-order chi connectivity index (χ1) is 14.9. The molecule has 0 unspecified atom stereocenters. The number of amides is 2. The molecule has 0 spiro atoms. The number of nitrogens with one attached hydrogen (secondary N) is 2. The summed E-state index contributed by atoms with van der Waals surface area (Å²) >= 11 is 0. The standard InChI is InChI=1S/C22H36N2O7Si/c1-22(2,3)32(5,6)31-13-12-17(20(27)29-4)23-19(26)18(14-25)24-21(28)30-15-16-10-8-7-9-11-16/h7-11,17-18,25H,12-15H2,1-6H3,(H,23,26)(H,24,28)/t17-,18-/m0/s1. The van der Waals surface area contributed by atoms with Gasteiger partial charge in [0, 0.05) is 13.0 Å². The first-order valence-corrected chi connectivity index (χ1v) is 13.4. The van der Waals surface area contributed by atoms with Crippen LogP contribution in [-0.2, 0) is 30.1 Å². The average molecular weight is 469 g/mol. The van der Waals surface area contributed by atoms with E-state index < -0.39 is 45.0 Å². The summed E-state index contributed by atoms with van der Waals surface area (Å²) in [4.78, 5) is 36.7. The lowest BCUT2D eigenvalue weighted by atomic mass is 10.2. The Morgan fingerprint density at radius 2 is 1.69 bits per heavy atom. The van der Waals surface area contributed by atoms with Crippen molar-refractivity contribution in [2.45, 2.75) is 64.0 Å². The van der Waals surface area contributed by atoms with Gasteiger partial charge in [0.05, 0.1) is 13.7 Å². The van der Waals surface area contributed by atoms with Gasteiger partial charge in [-0.3, -0.25) is 4.79 Å². The maximum atomic E-state index is 12.6. The number of rotatable bonds is 11. The minimum atomic E-state index is -2.02. The van der Waals surface area contributed by atoms with Crippen LogP contribution in [0.5, 0.6) is 0 Å². The molecule has 2 amide bonds. The molecule has 1 rings (SSSR count). The lowest BCUT2D eigenvalue weighted by Gasteiger charge is -2.36.